The molecular weight excluding hydrogens is 500 g/mol. The second-order valence-corrected chi connectivity index (χ2v) is 9.55. The summed E-state index contributed by atoms with van der Waals surface area (Å²) in [6.07, 6.45) is 5.16. The molecule has 0 bridgehead atoms. The van der Waals surface area contributed by atoms with Crippen LogP contribution in [0.2, 0.25) is 5.02 Å². The lowest BCUT2D eigenvalue weighted by Gasteiger charge is -2.11. The number of rotatable bonds is 7. The molecule has 3 aromatic rings. The summed E-state index contributed by atoms with van der Waals surface area (Å²) < 4.78 is 11.2. The second kappa shape index (κ2) is 11.7. The van der Waals surface area contributed by atoms with Gasteiger partial charge < -0.3 is 14.8 Å². The molecule has 1 aromatic heterocycles. The Kier molecular flexibility index (Phi) is 8.21. The number of nitrogens with one attached hydrogen (secondary N) is 2. The van der Waals surface area contributed by atoms with E-state index in [4.69, 9.17) is 21.1 Å². The number of benzene rings is 2. The number of nitriles is 1. The molecule has 4 rings (SSSR count). The molecule has 36 heavy (non-hydrogen) atoms. The fraction of sp³-hybridized carbons (Fsp3) is 0.231. The smallest absolute Gasteiger partial charge is 0.329 e. The van der Waals surface area contributed by atoms with Crippen LogP contribution in [0.3, 0.4) is 0 Å². The number of thiophene rings is 1. The number of aryl methyl sites for hydroxylation is 1. The zero-order chi connectivity index (χ0) is 25.5. The number of methoxy groups -OCH3 is 1. The average molecular weight is 523 g/mol. The van der Waals surface area contributed by atoms with Crippen molar-refractivity contribution in [3.05, 3.63) is 74.6 Å². The van der Waals surface area contributed by atoms with Crippen molar-refractivity contribution in [2.24, 2.45) is 5.10 Å². The van der Waals surface area contributed by atoms with Crippen LogP contribution in [0.1, 0.15) is 40.0 Å². The lowest BCUT2D eigenvalue weighted by atomic mass is 9.96. The number of halogens is 1. The van der Waals surface area contributed by atoms with E-state index in [9.17, 15) is 14.9 Å². The van der Waals surface area contributed by atoms with Crippen LogP contribution in [0.5, 0.6) is 11.5 Å². The van der Waals surface area contributed by atoms with Gasteiger partial charge in [-0.3, -0.25) is 9.59 Å². The summed E-state index contributed by atoms with van der Waals surface area (Å²) in [5.41, 5.74) is 5.23. The quantitative estimate of drug-likeness (QED) is 0.262. The first-order chi connectivity index (χ1) is 17.5. The number of amides is 2. The van der Waals surface area contributed by atoms with Gasteiger partial charge in [0.1, 0.15) is 17.7 Å². The van der Waals surface area contributed by atoms with E-state index in [1.54, 1.807) is 30.3 Å². The predicted octanol–water partition coefficient (Wildman–Crippen LogP) is 4.83. The van der Waals surface area contributed by atoms with Crippen molar-refractivity contribution in [1.82, 2.24) is 5.43 Å². The Bertz CT molecular complexity index is 1350. The molecule has 8 nitrogen and oxygen atoms in total. The van der Waals surface area contributed by atoms with Crippen molar-refractivity contribution in [3.8, 4) is 17.6 Å². The molecule has 1 heterocycles. The summed E-state index contributed by atoms with van der Waals surface area (Å²) >= 11 is 7.26. The Balaban J connectivity index is 1.34. The number of nitrogens with zero attached hydrogens (tertiary/aromatic N) is 2. The van der Waals surface area contributed by atoms with Crippen LogP contribution in [0.25, 0.3) is 0 Å². The first-order valence-electron chi connectivity index (χ1n) is 11.2. The second-order valence-electron chi connectivity index (χ2n) is 8.01. The summed E-state index contributed by atoms with van der Waals surface area (Å²) in [6, 6.07) is 14.7. The first kappa shape index (κ1) is 25.2. The molecule has 184 valence electrons. The first-order valence-corrected chi connectivity index (χ1v) is 12.4. The van der Waals surface area contributed by atoms with Gasteiger partial charge in [-0.25, -0.2) is 5.43 Å². The maximum atomic E-state index is 12.3. The van der Waals surface area contributed by atoms with Gasteiger partial charge in [-0.1, -0.05) is 23.7 Å². The molecule has 0 fully saturated rings. The van der Waals surface area contributed by atoms with Gasteiger partial charge in [0.25, 0.3) is 0 Å². The largest absolute Gasteiger partial charge is 0.493 e. The van der Waals surface area contributed by atoms with Gasteiger partial charge in [-0.15, -0.1) is 11.3 Å². The maximum Gasteiger partial charge on any atom is 0.329 e. The van der Waals surface area contributed by atoms with E-state index in [0.717, 1.165) is 41.7 Å². The third-order valence-corrected chi connectivity index (χ3v) is 7.05. The number of hydrogen-bond acceptors (Lipinski definition) is 7. The van der Waals surface area contributed by atoms with Crippen LogP contribution in [-0.2, 0) is 29.0 Å². The van der Waals surface area contributed by atoms with Gasteiger partial charge in [-0.2, -0.15) is 10.4 Å². The Labute approximate surface area is 217 Å². The van der Waals surface area contributed by atoms with Gasteiger partial charge in [0.05, 0.1) is 18.9 Å². The Hall–Kier alpha value is -3.87. The number of hydrazone groups is 1. The number of anilines is 1. The fourth-order valence-corrected chi connectivity index (χ4v) is 5.13. The molecule has 1 aliphatic rings. The Morgan fingerprint density at radius 2 is 1.92 bits per heavy atom. The van der Waals surface area contributed by atoms with Crippen molar-refractivity contribution < 1.29 is 19.1 Å². The lowest BCUT2D eigenvalue weighted by Crippen LogP contribution is -2.32. The van der Waals surface area contributed by atoms with Crippen molar-refractivity contribution in [1.29, 1.82) is 5.26 Å². The highest BCUT2D eigenvalue weighted by atomic mass is 35.5. The minimum absolute atomic E-state index is 0.340. The van der Waals surface area contributed by atoms with Crippen LogP contribution >= 0.6 is 22.9 Å². The van der Waals surface area contributed by atoms with Crippen molar-refractivity contribution in [2.75, 3.05) is 12.4 Å². The van der Waals surface area contributed by atoms with Gasteiger partial charge in [0.2, 0.25) is 0 Å². The van der Waals surface area contributed by atoms with Gasteiger partial charge in [-0.05, 0) is 72.7 Å². The predicted molar refractivity (Wildman–Crippen MR) is 139 cm³/mol. The van der Waals surface area contributed by atoms with E-state index in [2.05, 4.69) is 21.9 Å². The van der Waals surface area contributed by atoms with Crippen molar-refractivity contribution >= 4 is 46.0 Å². The maximum absolute atomic E-state index is 12.3. The summed E-state index contributed by atoms with van der Waals surface area (Å²) in [5, 5.41) is 17.0. The monoisotopic (exact) mass is 522 g/mol. The minimum Gasteiger partial charge on any atom is -0.493 e. The molecular formula is C26H23ClN4O4S. The van der Waals surface area contributed by atoms with Gasteiger partial charge in [0.15, 0.2) is 11.5 Å². The third-order valence-electron chi connectivity index (χ3n) is 5.59. The van der Waals surface area contributed by atoms with E-state index in [1.165, 1.54) is 24.7 Å². The highest BCUT2D eigenvalue weighted by molar-refractivity contribution is 7.16. The molecule has 0 atom stereocenters. The molecule has 0 aliphatic heterocycles. The van der Waals surface area contributed by atoms with Crippen LogP contribution < -0.4 is 20.2 Å². The molecule has 0 unspecified atom stereocenters. The number of carbonyl (C=O) groups excluding carboxylic acids is 2. The zero-order valence-corrected chi connectivity index (χ0v) is 21.0. The third kappa shape index (κ3) is 6.03. The highest BCUT2D eigenvalue weighted by Gasteiger charge is 2.23. The van der Waals surface area contributed by atoms with E-state index >= 15 is 0 Å². The number of hydrogen-bond donors (Lipinski definition) is 2. The van der Waals surface area contributed by atoms with E-state index in [-0.39, 0.29) is 0 Å². The van der Waals surface area contributed by atoms with E-state index < -0.39 is 11.8 Å². The van der Waals surface area contributed by atoms with Crippen LogP contribution in [0.4, 0.5) is 5.00 Å². The van der Waals surface area contributed by atoms with Crippen molar-refractivity contribution in [2.45, 2.75) is 32.3 Å². The normalized spacial score (nSPS) is 12.5. The molecule has 0 saturated carbocycles. The van der Waals surface area contributed by atoms with Crippen molar-refractivity contribution in [3.63, 3.8) is 0 Å². The molecule has 2 amide bonds. The molecule has 10 heteroatoms. The van der Waals surface area contributed by atoms with Crippen LogP contribution in [-0.4, -0.2) is 25.1 Å². The number of fused-ring (bicyclic) bond motifs is 1. The Morgan fingerprint density at radius 1 is 1.14 bits per heavy atom. The van der Waals surface area contributed by atoms with Crippen LogP contribution in [0.15, 0.2) is 47.6 Å². The number of ether oxygens (including phenoxy) is 2. The van der Waals surface area contributed by atoms with Gasteiger partial charge in [0, 0.05) is 9.90 Å². The molecule has 1 aliphatic carbocycles. The Morgan fingerprint density at radius 3 is 2.67 bits per heavy atom. The standard InChI is InChI=1S/C26H23ClN4O4S/c1-34-22-12-17(8-11-21(22)35-15-16-6-9-18(27)10-7-16)14-29-31-25(33)24(32)30-26-20(13-28)19-4-2-3-5-23(19)36-26/h6-12,14H,2-5,15H2,1H3,(H,30,32)(H,31,33). The molecule has 2 aromatic carbocycles. The SMILES string of the molecule is COc1cc(C=NNC(=O)C(=O)Nc2sc3c(c2C#N)CCCC3)ccc1OCc1ccc(Cl)cc1. The summed E-state index contributed by atoms with van der Waals surface area (Å²) in [7, 11) is 1.52. The summed E-state index contributed by atoms with van der Waals surface area (Å²) in [4.78, 5) is 25.7. The number of carbonyl (C=O) groups is 2. The lowest BCUT2D eigenvalue weighted by molar-refractivity contribution is -0.136. The van der Waals surface area contributed by atoms with E-state index in [0.29, 0.717) is 39.3 Å². The molecule has 0 saturated heterocycles. The highest BCUT2D eigenvalue weighted by Crippen LogP contribution is 2.37. The fourth-order valence-electron chi connectivity index (χ4n) is 3.77. The van der Waals surface area contributed by atoms with Gasteiger partial charge >= 0.3 is 11.8 Å². The average Bonchev–Trinajstić information content (AvgIpc) is 3.25. The topological polar surface area (TPSA) is 113 Å². The molecule has 0 spiro atoms. The summed E-state index contributed by atoms with van der Waals surface area (Å²) in [5.74, 6) is -0.787. The minimum atomic E-state index is -0.934. The summed E-state index contributed by atoms with van der Waals surface area (Å²) in [6.45, 7) is 0.340. The molecule has 0 radical (unpaired) electrons. The van der Waals surface area contributed by atoms with Crippen LogP contribution in [0, 0.1) is 11.3 Å². The zero-order valence-electron chi connectivity index (χ0n) is 19.5. The van der Waals surface area contributed by atoms with E-state index in [1.807, 2.05) is 12.1 Å². The molecule has 2 N–H and O–H groups in total.